The highest BCUT2D eigenvalue weighted by Crippen LogP contribution is 2.39. The zero-order valence-corrected chi connectivity index (χ0v) is 16.2. The van der Waals surface area contributed by atoms with E-state index in [0.717, 1.165) is 63.1 Å². The summed E-state index contributed by atoms with van der Waals surface area (Å²) in [6.45, 7) is 7.55. The second kappa shape index (κ2) is 6.21. The van der Waals surface area contributed by atoms with Crippen LogP contribution in [0.1, 0.15) is 5.56 Å². The van der Waals surface area contributed by atoms with Crippen LogP contribution in [0, 0.1) is 12.8 Å². The van der Waals surface area contributed by atoms with Crippen LogP contribution in [0.5, 0.6) is 0 Å². The van der Waals surface area contributed by atoms with Gasteiger partial charge in [-0.1, -0.05) is 24.2 Å². The van der Waals surface area contributed by atoms with E-state index in [2.05, 4.69) is 44.6 Å². The first-order valence-corrected chi connectivity index (χ1v) is 9.47. The van der Waals surface area contributed by atoms with Gasteiger partial charge < -0.3 is 10.6 Å². The third-order valence-corrected chi connectivity index (χ3v) is 5.82. The van der Waals surface area contributed by atoms with Crippen molar-refractivity contribution in [3.8, 4) is 11.1 Å². The van der Waals surface area contributed by atoms with Gasteiger partial charge in [-0.25, -0.2) is 9.97 Å². The molecule has 0 bridgehead atoms. The minimum Gasteiger partial charge on any atom is -0.402 e. The van der Waals surface area contributed by atoms with Gasteiger partial charge in [0, 0.05) is 46.1 Å². The Bertz CT molecular complexity index is 1240. The smallest absolute Gasteiger partial charge is 0.139 e. The minimum atomic E-state index is 0.307. The lowest BCUT2D eigenvalue weighted by molar-refractivity contribution is 0.464. The molecule has 0 saturated carbocycles. The summed E-state index contributed by atoms with van der Waals surface area (Å²) < 4.78 is 0. The number of nitrogens with zero attached hydrogens (tertiary/aromatic N) is 4. The third-order valence-electron chi connectivity index (χ3n) is 5.51. The summed E-state index contributed by atoms with van der Waals surface area (Å²) in [5, 5.41) is 9.85. The highest BCUT2D eigenvalue weighted by molar-refractivity contribution is 6.35. The van der Waals surface area contributed by atoms with Crippen LogP contribution in [0.2, 0.25) is 5.02 Å². The SMILES string of the molecule is C=C(N)C1CN(c2ncnc3cc(-c4c(C)ccc5[nH]ncc45)c(Cl)cc23)C1. The molecule has 0 radical (unpaired) electrons. The molecule has 0 atom stereocenters. The van der Waals surface area contributed by atoms with E-state index >= 15 is 0 Å². The quantitative estimate of drug-likeness (QED) is 0.551. The van der Waals surface area contributed by atoms with E-state index < -0.39 is 0 Å². The Balaban J connectivity index is 1.65. The molecule has 0 aliphatic carbocycles. The van der Waals surface area contributed by atoms with Gasteiger partial charge in [-0.05, 0) is 36.2 Å². The van der Waals surface area contributed by atoms with Gasteiger partial charge in [-0.15, -0.1) is 0 Å². The Hall–Kier alpha value is -3.12. The second-order valence-electron chi connectivity index (χ2n) is 7.31. The molecule has 1 fully saturated rings. The molecule has 1 aliphatic rings. The van der Waals surface area contributed by atoms with Gasteiger partial charge in [0.15, 0.2) is 0 Å². The number of nitrogens with two attached hydrogens (primary N) is 1. The van der Waals surface area contributed by atoms with Crippen LogP contribution in [-0.2, 0) is 0 Å². The molecule has 7 heteroatoms. The van der Waals surface area contributed by atoms with E-state index in [0.29, 0.717) is 10.9 Å². The molecule has 140 valence electrons. The number of aromatic amines is 1. The summed E-state index contributed by atoms with van der Waals surface area (Å²) in [4.78, 5) is 11.2. The molecule has 0 spiro atoms. The topological polar surface area (TPSA) is 83.7 Å². The van der Waals surface area contributed by atoms with Crippen molar-refractivity contribution in [2.24, 2.45) is 11.7 Å². The summed E-state index contributed by atoms with van der Waals surface area (Å²) in [6, 6.07) is 8.10. The molecular weight excluding hydrogens is 372 g/mol. The first-order valence-electron chi connectivity index (χ1n) is 9.09. The van der Waals surface area contributed by atoms with Crippen LogP contribution in [0.25, 0.3) is 32.9 Å². The summed E-state index contributed by atoms with van der Waals surface area (Å²) in [6.07, 6.45) is 3.44. The van der Waals surface area contributed by atoms with Crippen LogP contribution in [0.15, 0.2) is 49.1 Å². The lowest BCUT2D eigenvalue weighted by atomic mass is 9.95. The number of H-pyrrole nitrogens is 1. The molecule has 6 nitrogen and oxygen atoms in total. The molecular formula is C21H19ClN6. The second-order valence-corrected chi connectivity index (χ2v) is 7.72. The highest BCUT2D eigenvalue weighted by Gasteiger charge is 2.30. The lowest BCUT2D eigenvalue weighted by Crippen LogP contribution is -2.49. The van der Waals surface area contributed by atoms with Gasteiger partial charge >= 0.3 is 0 Å². The standard InChI is InChI=1S/C21H19ClN6/c1-11-3-4-18-16(7-26-27-18)20(11)14-6-19-15(5-17(14)22)21(25-10-24-19)28-8-13(9-28)12(2)23/h3-7,10,13H,2,8-9,23H2,1H3,(H,26,27). The summed E-state index contributed by atoms with van der Waals surface area (Å²) in [7, 11) is 0. The zero-order valence-electron chi connectivity index (χ0n) is 15.4. The molecule has 2 aromatic carbocycles. The van der Waals surface area contributed by atoms with Gasteiger partial charge in [-0.2, -0.15) is 5.10 Å². The Morgan fingerprint density at radius 2 is 2.07 bits per heavy atom. The number of nitrogens with one attached hydrogen (secondary N) is 1. The Kier molecular flexibility index (Phi) is 3.77. The number of halogens is 1. The van der Waals surface area contributed by atoms with Crippen molar-refractivity contribution in [1.29, 1.82) is 0 Å². The Morgan fingerprint density at radius 1 is 1.25 bits per heavy atom. The van der Waals surface area contributed by atoms with Gasteiger partial charge in [0.2, 0.25) is 0 Å². The molecule has 1 aliphatic heterocycles. The van der Waals surface area contributed by atoms with Crippen LogP contribution in [0.4, 0.5) is 5.82 Å². The normalized spacial score (nSPS) is 14.6. The number of aromatic nitrogens is 4. The van der Waals surface area contributed by atoms with Gasteiger partial charge in [-0.3, -0.25) is 5.10 Å². The Labute approximate surface area is 167 Å². The molecule has 3 heterocycles. The van der Waals surface area contributed by atoms with Crippen molar-refractivity contribution in [3.05, 3.63) is 59.7 Å². The number of anilines is 1. The molecule has 4 aromatic rings. The molecule has 0 unspecified atom stereocenters. The molecule has 5 rings (SSSR count). The summed E-state index contributed by atoms with van der Waals surface area (Å²) in [5.41, 5.74) is 11.5. The van der Waals surface area contributed by atoms with Crippen molar-refractivity contribution in [3.63, 3.8) is 0 Å². The van der Waals surface area contributed by atoms with Crippen LogP contribution in [-0.4, -0.2) is 33.3 Å². The minimum absolute atomic E-state index is 0.307. The molecule has 3 N–H and O–H groups in total. The first-order chi connectivity index (χ1) is 13.5. The van der Waals surface area contributed by atoms with Crippen molar-refractivity contribution in [1.82, 2.24) is 20.2 Å². The summed E-state index contributed by atoms with van der Waals surface area (Å²) in [5.74, 6) is 1.19. The van der Waals surface area contributed by atoms with Crippen molar-refractivity contribution >= 4 is 39.2 Å². The highest BCUT2D eigenvalue weighted by atomic mass is 35.5. The Morgan fingerprint density at radius 3 is 2.86 bits per heavy atom. The average Bonchev–Trinajstić information content (AvgIpc) is 3.09. The monoisotopic (exact) mass is 390 g/mol. The average molecular weight is 391 g/mol. The van der Waals surface area contributed by atoms with E-state index in [1.807, 2.05) is 24.4 Å². The fourth-order valence-electron chi connectivity index (χ4n) is 3.88. The predicted molar refractivity (Wildman–Crippen MR) is 113 cm³/mol. The fourth-order valence-corrected chi connectivity index (χ4v) is 4.13. The lowest BCUT2D eigenvalue weighted by Gasteiger charge is -2.40. The number of rotatable bonds is 3. The van der Waals surface area contributed by atoms with E-state index in [-0.39, 0.29) is 0 Å². The van der Waals surface area contributed by atoms with Crippen LogP contribution < -0.4 is 10.6 Å². The van der Waals surface area contributed by atoms with Crippen molar-refractivity contribution in [2.45, 2.75) is 6.92 Å². The maximum Gasteiger partial charge on any atom is 0.139 e. The fraction of sp³-hybridized carbons (Fsp3) is 0.190. The third kappa shape index (κ3) is 2.52. The largest absolute Gasteiger partial charge is 0.402 e. The molecule has 1 saturated heterocycles. The van der Waals surface area contributed by atoms with E-state index in [9.17, 15) is 0 Å². The molecule has 28 heavy (non-hydrogen) atoms. The number of benzene rings is 2. The maximum atomic E-state index is 6.76. The molecule has 0 amide bonds. The number of hydrogen-bond acceptors (Lipinski definition) is 5. The van der Waals surface area contributed by atoms with Gasteiger partial charge in [0.05, 0.1) is 17.2 Å². The van der Waals surface area contributed by atoms with E-state index in [1.54, 1.807) is 6.33 Å². The predicted octanol–water partition coefficient (Wildman–Crippen LogP) is 4.04. The van der Waals surface area contributed by atoms with Gasteiger partial charge in [0.1, 0.15) is 12.1 Å². The number of aryl methyl sites for hydroxylation is 1. The number of fused-ring (bicyclic) bond motifs is 2. The van der Waals surface area contributed by atoms with Crippen molar-refractivity contribution < 1.29 is 0 Å². The van der Waals surface area contributed by atoms with E-state index in [1.165, 1.54) is 0 Å². The van der Waals surface area contributed by atoms with Gasteiger partial charge in [0.25, 0.3) is 0 Å². The summed E-state index contributed by atoms with van der Waals surface area (Å²) >= 11 is 6.76. The van der Waals surface area contributed by atoms with Crippen LogP contribution in [0.3, 0.4) is 0 Å². The molecule has 2 aromatic heterocycles. The first kappa shape index (κ1) is 17.0. The number of hydrogen-bond donors (Lipinski definition) is 2. The van der Waals surface area contributed by atoms with Crippen LogP contribution >= 0.6 is 11.6 Å². The zero-order chi connectivity index (χ0) is 19.4. The maximum absolute atomic E-state index is 6.76. The van der Waals surface area contributed by atoms with Crippen molar-refractivity contribution in [2.75, 3.05) is 18.0 Å². The van der Waals surface area contributed by atoms with E-state index in [4.69, 9.17) is 17.3 Å².